The van der Waals surface area contributed by atoms with Crippen molar-refractivity contribution in [2.24, 2.45) is 5.41 Å². The lowest BCUT2D eigenvalue weighted by molar-refractivity contribution is 0.0261. The van der Waals surface area contributed by atoms with Crippen LogP contribution in [0.1, 0.15) is 45.6 Å². The fourth-order valence-corrected chi connectivity index (χ4v) is 3.48. The Morgan fingerprint density at radius 3 is 2.46 bits per heavy atom. The maximum Gasteiger partial charge on any atom is 0.410 e. The van der Waals surface area contributed by atoms with Crippen LogP contribution in [0, 0.1) is 5.41 Å². The van der Waals surface area contributed by atoms with Gasteiger partial charge in [0.25, 0.3) is 0 Å². The smallest absolute Gasteiger partial charge is 0.410 e. The molecule has 146 valence electrons. The highest BCUT2D eigenvalue weighted by Crippen LogP contribution is 2.23. The minimum absolute atomic E-state index is 0.0197. The van der Waals surface area contributed by atoms with Gasteiger partial charge in [0.2, 0.25) is 0 Å². The zero-order chi connectivity index (χ0) is 19.2. The number of hydrogen-bond donors (Lipinski definition) is 1. The number of carbonyl (C=O) groups excluding carboxylic acids is 1. The van der Waals surface area contributed by atoms with Crippen molar-refractivity contribution in [3.63, 3.8) is 0 Å². The van der Waals surface area contributed by atoms with E-state index in [0.29, 0.717) is 13.0 Å². The summed E-state index contributed by atoms with van der Waals surface area (Å²) in [4.78, 5) is 16.8. The summed E-state index contributed by atoms with van der Waals surface area (Å²) >= 11 is 0. The fraction of sp³-hybridized carbons (Fsp3) is 0.667. The number of hydrogen-bond acceptors (Lipinski definition) is 4. The van der Waals surface area contributed by atoms with Crippen LogP contribution in [-0.2, 0) is 11.3 Å². The molecule has 5 heteroatoms. The van der Waals surface area contributed by atoms with E-state index in [2.05, 4.69) is 32.7 Å². The molecule has 1 heterocycles. The second kappa shape index (κ2) is 9.38. The molecular weight excluding hydrogens is 328 g/mol. The molecule has 1 atom stereocenters. The van der Waals surface area contributed by atoms with Gasteiger partial charge in [-0.1, -0.05) is 51.1 Å². The summed E-state index contributed by atoms with van der Waals surface area (Å²) in [6.07, 6.45) is 1.62. The van der Waals surface area contributed by atoms with Crippen LogP contribution in [0.5, 0.6) is 0 Å². The highest BCUT2D eigenvalue weighted by atomic mass is 16.6. The van der Waals surface area contributed by atoms with Crippen LogP contribution in [0.2, 0.25) is 0 Å². The molecule has 1 N–H and O–H groups in total. The number of ether oxygens (including phenoxy) is 1. The van der Waals surface area contributed by atoms with Crippen LogP contribution >= 0.6 is 0 Å². The summed E-state index contributed by atoms with van der Waals surface area (Å²) in [5.74, 6) is 0. The first kappa shape index (κ1) is 20.7. The van der Waals surface area contributed by atoms with Gasteiger partial charge in [-0.25, -0.2) is 4.79 Å². The third-order valence-corrected chi connectivity index (χ3v) is 4.82. The average molecular weight is 363 g/mol. The third kappa shape index (κ3) is 6.96. The van der Waals surface area contributed by atoms with Gasteiger partial charge in [0, 0.05) is 6.04 Å². The summed E-state index contributed by atoms with van der Waals surface area (Å²) in [7, 11) is 2.10. The summed E-state index contributed by atoms with van der Waals surface area (Å²) in [5, 5.41) is 10.5. The third-order valence-electron chi connectivity index (χ3n) is 4.82. The lowest BCUT2D eigenvalue weighted by Gasteiger charge is -2.38. The minimum Gasteiger partial charge on any atom is -0.445 e. The number of likely N-dealkylation sites (tertiary alicyclic amines) is 1. The van der Waals surface area contributed by atoms with Crippen molar-refractivity contribution in [2.75, 3.05) is 26.7 Å². The van der Waals surface area contributed by atoms with Crippen LogP contribution in [0.3, 0.4) is 0 Å². The molecule has 1 aromatic carbocycles. The number of aliphatic hydroxyl groups is 1. The molecule has 0 saturated carbocycles. The molecule has 1 aromatic rings. The van der Waals surface area contributed by atoms with Crippen molar-refractivity contribution in [1.82, 2.24) is 9.80 Å². The van der Waals surface area contributed by atoms with Crippen LogP contribution in [0.4, 0.5) is 4.79 Å². The number of piperidine rings is 1. The molecule has 1 amide bonds. The van der Waals surface area contributed by atoms with Crippen LogP contribution < -0.4 is 0 Å². The maximum atomic E-state index is 12.8. The number of nitrogens with zero attached hydrogens (tertiary/aromatic N) is 2. The number of aliphatic hydroxyl groups excluding tert-OH is 1. The highest BCUT2D eigenvalue weighted by Gasteiger charge is 2.30. The zero-order valence-corrected chi connectivity index (χ0v) is 16.6. The van der Waals surface area contributed by atoms with E-state index >= 15 is 0 Å². The predicted molar refractivity (Wildman–Crippen MR) is 104 cm³/mol. The Hall–Kier alpha value is -1.59. The van der Waals surface area contributed by atoms with Gasteiger partial charge in [0.05, 0.1) is 12.6 Å². The van der Waals surface area contributed by atoms with E-state index in [1.165, 1.54) is 0 Å². The van der Waals surface area contributed by atoms with E-state index in [1.54, 1.807) is 4.90 Å². The molecule has 1 aliphatic heterocycles. The molecule has 26 heavy (non-hydrogen) atoms. The molecule has 1 saturated heterocycles. The molecule has 0 aliphatic carbocycles. The fourth-order valence-electron chi connectivity index (χ4n) is 3.48. The Bertz CT molecular complexity index is 548. The van der Waals surface area contributed by atoms with Crippen molar-refractivity contribution in [2.45, 2.75) is 58.8 Å². The summed E-state index contributed by atoms with van der Waals surface area (Å²) in [6, 6.07) is 9.84. The molecule has 1 unspecified atom stereocenters. The summed E-state index contributed by atoms with van der Waals surface area (Å²) in [5.41, 5.74) is 0.991. The van der Waals surface area contributed by atoms with Crippen molar-refractivity contribution in [3.05, 3.63) is 35.9 Å². The number of rotatable bonds is 6. The lowest BCUT2D eigenvalue weighted by atomic mass is 9.89. The predicted octanol–water partition coefficient (Wildman–Crippen LogP) is 3.52. The van der Waals surface area contributed by atoms with Crippen LogP contribution in [-0.4, -0.2) is 59.8 Å². The maximum absolute atomic E-state index is 12.8. The Morgan fingerprint density at radius 1 is 1.27 bits per heavy atom. The molecule has 2 rings (SSSR count). The Morgan fingerprint density at radius 2 is 1.88 bits per heavy atom. The van der Waals surface area contributed by atoms with Gasteiger partial charge in [-0.05, 0) is 50.4 Å². The first-order chi connectivity index (χ1) is 12.2. The average Bonchev–Trinajstić information content (AvgIpc) is 2.58. The number of benzene rings is 1. The second-order valence-corrected chi connectivity index (χ2v) is 8.65. The highest BCUT2D eigenvalue weighted by molar-refractivity contribution is 5.68. The molecule has 1 fully saturated rings. The summed E-state index contributed by atoms with van der Waals surface area (Å²) < 4.78 is 5.56. The Labute approximate surface area is 157 Å². The molecule has 0 bridgehead atoms. The van der Waals surface area contributed by atoms with Gasteiger partial charge >= 0.3 is 6.09 Å². The van der Waals surface area contributed by atoms with E-state index in [0.717, 1.165) is 31.5 Å². The van der Waals surface area contributed by atoms with E-state index < -0.39 is 6.10 Å². The van der Waals surface area contributed by atoms with E-state index in [1.807, 2.05) is 30.3 Å². The van der Waals surface area contributed by atoms with Crippen molar-refractivity contribution in [3.8, 4) is 0 Å². The minimum atomic E-state index is -0.543. The topological polar surface area (TPSA) is 53.0 Å². The number of carbonyl (C=O) groups is 1. The van der Waals surface area contributed by atoms with E-state index in [9.17, 15) is 9.90 Å². The largest absolute Gasteiger partial charge is 0.445 e. The van der Waals surface area contributed by atoms with Crippen LogP contribution in [0.25, 0.3) is 0 Å². The lowest BCUT2D eigenvalue weighted by Crippen LogP contribution is -2.49. The van der Waals surface area contributed by atoms with Gasteiger partial charge < -0.3 is 19.6 Å². The van der Waals surface area contributed by atoms with Gasteiger partial charge in [-0.15, -0.1) is 0 Å². The first-order valence-corrected chi connectivity index (χ1v) is 9.58. The SMILES string of the molecule is CN1CCC(N(CC(O)CC(C)(C)C)C(=O)OCc2ccccc2)CC1. The quantitative estimate of drug-likeness (QED) is 0.841. The number of amides is 1. The van der Waals surface area contributed by atoms with Gasteiger partial charge in [0.15, 0.2) is 0 Å². The normalized spacial score (nSPS) is 17.7. The van der Waals surface area contributed by atoms with Crippen molar-refractivity contribution >= 4 is 6.09 Å². The molecule has 1 aliphatic rings. The Kier molecular flexibility index (Phi) is 7.47. The van der Waals surface area contributed by atoms with E-state index in [4.69, 9.17) is 4.74 Å². The van der Waals surface area contributed by atoms with Crippen LogP contribution in [0.15, 0.2) is 30.3 Å². The van der Waals surface area contributed by atoms with Crippen molar-refractivity contribution in [1.29, 1.82) is 0 Å². The molecule has 0 aromatic heterocycles. The monoisotopic (exact) mass is 362 g/mol. The van der Waals surface area contributed by atoms with Gasteiger partial charge in [-0.3, -0.25) is 0 Å². The van der Waals surface area contributed by atoms with E-state index in [-0.39, 0.29) is 24.2 Å². The Balaban J connectivity index is 2.00. The van der Waals surface area contributed by atoms with Gasteiger partial charge in [0.1, 0.15) is 6.61 Å². The standard InChI is InChI=1S/C21H34N2O3/c1-21(2,3)14-19(24)15-23(18-10-12-22(4)13-11-18)20(25)26-16-17-8-6-5-7-9-17/h5-9,18-19,24H,10-16H2,1-4H3. The molecule has 5 nitrogen and oxygen atoms in total. The van der Waals surface area contributed by atoms with Crippen molar-refractivity contribution < 1.29 is 14.6 Å². The molecular formula is C21H34N2O3. The second-order valence-electron chi connectivity index (χ2n) is 8.65. The first-order valence-electron chi connectivity index (χ1n) is 9.58. The van der Waals surface area contributed by atoms with Gasteiger partial charge in [-0.2, -0.15) is 0 Å². The molecule has 0 radical (unpaired) electrons. The zero-order valence-electron chi connectivity index (χ0n) is 16.6. The molecule has 0 spiro atoms. The summed E-state index contributed by atoms with van der Waals surface area (Å²) in [6.45, 7) is 8.82.